The molecule has 1 unspecified atom stereocenters. The summed E-state index contributed by atoms with van der Waals surface area (Å²) in [6, 6.07) is 29.2. The van der Waals surface area contributed by atoms with Gasteiger partial charge in [0.05, 0.1) is 10.6 Å². The van der Waals surface area contributed by atoms with E-state index in [-0.39, 0.29) is 29.7 Å². The van der Waals surface area contributed by atoms with Crippen LogP contribution in [0.1, 0.15) is 37.5 Å². The number of nitrogens with one attached hydrogen (secondary N) is 1. The van der Waals surface area contributed by atoms with Crippen molar-refractivity contribution in [3.8, 4) is 0 Å². The van der Waals surface area contributed by atoms with Gasteiger partial charge in [-0.1, -0.05) is 99.6 Å². The standard InChI is InChI=1S/C36H40FN3O4S/c1-4-30-15-11-12-18-33(30)40(45(43,44)32-16-9-6-10-17-32)26-35(41)39(25-29-19-21-31(37)22-20-29)34(36(42)38-24-27(2)3)23-28-13-7-5-8-14-28/h5-22,27,34H,4,23-26H2,1-3H3,(H,38,42). The first-order chi connectivity index (χ1) is 21.6. The molecule has 0 aliphatic heterocycles. The monoisotopic (exact) mass is 629 g/mol. The van der Waals surface area contributed by atoms with Crippen molar-refractivity contribution in [3.63, 3.8) is 0 Å². The summed E-state index contributed by atoms with van der Waals surface area (Å²) in [4.78, 5) is 29.8. The second-order valence-corrected chi connectivity index (χ2v) is 13.2. The molecule has 4 aromatic carbocycles. The first-order valence-corrected chi connectivity index (χ1v) is 16.6. The molecule has 0 radical (unpaired) electrons. The van der Waals surface area contributed by atoms with E-state index in [0.717, 1.165) is 15.4 Å². The number of carbonyl (C=O) groups is 2. The number of para-hydroxylation sites is 1. The molecule has 0 heterocycles. The summed E-state index contributed by atoms with van der Waals surface area (Å²) in [5.41, 5.74) is 2.59. The van der Waals surface area contributed by atoms with Crippen molar-refractivity contribution in [1.82, 2.24) is 10.2 Å². The van der Waals surface area contributed by atoms with Gasteiger partial charge in [0, 0.05) is 19.5 Å². The number of nitrogens with zero attached hydrogens (tertiary/aromatic N) is 2. The van der Waals surface area contributed by atoms with E-state index < -0.39 is 34.3 Å². The van der Waals surface area contributed by atoms with Gasteiger partial charge in [-0.15, -0.1) is 0 Å². The van der Waals surface area contributed by atoms with Gasteiger partial charge in [-0.2, -0.15) is 0 Å². The van der Waals surface area contributed by atoms with E-state index in [9.17, 15) is 22.4 Å². The van der Waals surface area contributed by atoms with Crippen molar-refractivity contribution in [3.05, 3.63) is 132 Å². The molecule has 2 amide bonds. The molecule has 1 atom stereocenters. The Kier molecular flexibility index (Phi) is 11.5. The number of anilines is 1. The van der Waals surface area contributed by atoms with E-state index in [4.69, 9.17) is 0 Å². The van der Waals surface area contributed by atoms with Crippen LogP contribution in [0.5, 0.6) is 0 Å². The average molecular weight is 630 g/mol. The zero-order valence-corrected chi connectivity index (χ0v) is 26.7. The highest BCUT2D eigenvalue weighted by atomic mass is 32.2. The molecular formula is C36H40FN3O4S. The lowest BCUT2D eigenvalue weighted by molar-refractivity contribution is -0.140. The predicted molar refractivity (Wildman–Crippen MR) is 176 cm³/mol. The molecule has 0 saturated carbocycles. The van der Waals surface area contributed by atoms with Crippen LogP contribution in [-0.4, -0.2) is 44.3 Å². The molecule has 9 heteroatoms. The summed E-state index contributed by atoms with van der Waals surface area (Å²) in [6.45, 7) is 5.71. The molecule has 0 bridgehead atoms. The number of carbonyl (C=O) groups excluding carboxylic acids is 2. The fourth-order valence-electron chi connectivity index (χ4n) is 5.05. The minimum atomic E-state index is -4.18. The Morgan fingerprint density at radius 1 is 0.800 bits per heavy atom. The number of benzene rings is 4. The summed E-state index contributed by atoms with van der Waals surface area (Å²) in [7, 11) is -4.18. The molecule has 0 aromatic heterocycles. The Labute approximate surface area is 265 Å². The fourth-order valence-corrected chi connectivity index (χ4v) is 6.52. The molecule has 0 aliphatic rings. The third-order valence-electron chi connectivity index (χ3n) is 7.47. The highest BCUT2D eigenvalue weighted by Gasteiger charge is 2.35. The SMILES string of the molecule is CCc1ccccc1N(CC(=O)N(Cc1ccc(F)cc1)C(Cc1ccccc1)C(=O)NCC(C)C)S(=O)(=O)c1ccccc1. The summed E-state index contributed by atoms with van der Waals surface area (Å²) >= 11 is 0. The van der Waals surface area contributed by atoms with Crippen LogP contribution < -0.4 is 9.62 Å². The number of sulfonamides is 1. The highest BCUT2D eigenvalue weighted by molar-refractivity contribution is 7.92. The number of hydrogen-bond donors (Lipinski definition) is 1. The molecule has 0 fully saturated rings. The van der Waals surface area contributed by atoms with Gasteiger partial charge in [0.15, 0.2) is 0 Å². The van der Waals surface area contributed by atoms with Crippen LogP contribution >= 0.6 is 0 Å². The molecule has 1 N–H and O–H groups in total. The van der Waals surface area contributed by atoms with Crippen molar-refractivity contribution in [2.75, 3.05) is 17.4 Å². The van der Waals surface area contributed by atoms with Crippen LogP contribution in [0.2, 0.25) is 0 Å². The van der Waals surface area contributed by atoms with Crippen LogP contribution in [0.25, 0.3) is 0 Å². The van der Waals surface area contributed by atoms with Crippen LogP contribution in [0, 0.1) is 11.7 Å². The van der Waals surface area contributed by atoms with Gasteiger partial charge >= 0.3 is 0 Å². The molecule has 7 nitrogen and oxygen atoms in total. The summed E-state index contributed by atoms with van der Waals surface area (Å²) in [6.07, 6.45) is 0.743. The minimum Gasteiger partial charge on any atom is -0.354 e. The molecule has 4 aromatic rings. The first kappa shape index (κ1) is 33.4. The van der Waals surface area contributed by atoms with E-state index in [2.05, 4.69) is 5.32 Å². The van der Waals surface area contributed by atoms with Crippen molar-refractivity contribution in [2.45, 2.75) is 51.1 Å². The van der Waals surface area contributed by atoms with Crippen LogP contribution in [0.3, 0.4) is 0 Å². The summed E-state index contributed by atoms with van der Waals surface area (Å²) in [5, 5.41) is 2.97. The lowest BCUT2D eigenvalue weighted by Crippen LogP contribution is -2.53. The van der Waals surface area contributed by atoms with Crippen LogP contribution in [0.4, 0.5) is 10.1 Å². The molecule has 45 heavy (non-hydrogen) atoms. The molecule has 0 aliphatic carbocycles. The maximum Gasteiger partial charge on any atom is 0.264 e. The van der Waals surface area contributed by atoms with Crippen molar-refractivity contribution < 1.29 is 22.4 Å². The maximum absolute atomic E-state index is 14.5. The number of rotatable bonds is 14. The van der Waals surface area contributed by atoms with Crippen LogP contribution in [-0.2, 0) is 39.0 Å². The van der Waals surface area contributed by atoms with E-state index in [1.165, 1.54) is 29.2 Å². The van der Waals surface area contributed by atoms with Crippen molar-refractivity contribution in [1.29, 1.82) is 0 Å². The third-order valence-corrected chi connectivity index (χ3v) is 9.25. The molecule has 0 spiro atoms. The lowest BCUT2D eigenvalue weighted by atomic mass is 10.0. The van der Waals surface area contributed by atoms with E-state index in [0.29, 0.717) is 24.2 Å². The second kappa shape index (κ2) is 15.5. The Morgan fingerprint density at radius 3 is 2.02 bits per heavy atom. The smallest absolute Gasteiger partial charge is 0.264 e. The highest BCUT2D eigenvalue weighted by Crippen LogP contribution is 2.28. The predicted octanol–water partition coefficient (Wildman–Crippen LogP) is 6.00. The molecule has 0 saturated heterocycles. The van der Waals surface area contributed by atoms with Crippen molar-refractivity contribution >= 4 is 27.5 Å². The van der Waals surface area contributed by atoms with Gasteiger partial charge in [-0.25, -0.2) is 12.8 Å². The van der Waals surface area contributed by atoms with E-state index in [1.54, 1.807) is 42.5 Å². The fraction of sp³-hybridized carbons (Fsp3) is 0.278. The van der Waals surface area contributed by atoms with E-state index in [1.807, 2.05) is 63.2 Å². The number of amides is 2. The Hall–Kier alpha value is -4.50. The van der Waals surface area contributed by atoms with Gasteiger partial charge in [0.25, 0.3) is 10.0 Å². The normalized spacial score (nSPS) is 12.0. The molecule has 236 valence electrons. The first-order valence-electron chi connectivity index (χ1n) is 15.1. The van der Waals surface area contributed by atoms with Gasteiger partial charge in [0.1, 0.15) is 18.4 Å². The van der Waals surface area contributed by atoms with Gasteiger partial charge in [-0.05, 0) is 59.4 Å². The quantitative estimate of drug-likeness (QED) is 0.186. The molecule has 4 rings (SSSR count). The minimum absolute atomic E-state index is 0.0274. The third kappa shape index (κ3) is 8.79. The zero-order chi connectivity index (χ0) is 32.4. The maximum atomic E-state index is 14.5. The van der Waals surface area contributed by atoms with Crippen LogP contribution in [0.15, 0.2) is 114 Å². The molecular weight excluding hydrogens is 589 g/mol. The second-order valence-electron chi connectivity index (χ2n) is 11.3. The lowest BCUT2D eigenvalue weighted by Gasteiger charge is -2.34. The van der Waals surface area contributed by atoms with E-state index >= 15 is 0 Å². The van der Waals surface area contributed by atoms with Crippen molar-refractivity contribution in [2.24, 2.45) is 5.92 Å². The van der Waals surface area contributed by atoms with Gasteiger partial charge in [-0.3, -0.25) is 13.9 Å². The topological polar surface area (TPSA) is 86.8 Å². The Bertz CT molecular complexity index is 1660. The average Bonchev–Trinajstić information content (AvgIpc) is 3.05. The number of hydrogen-bond acceptors (Lipinski definition) is 4. The van der Waals surface area contributed by atoms with Gasteiger partial charge in [0.2, 0.25) is 11.8 Å². The Balaban J connectivity index is 1.81. The van der Waals surface area contributed by atoms with Gasteiger partial charge < -0.3 is 10.2 Å². The zero-order valence-electron chi connectivity index (χ0n) is 25.9. The number of aryl methyl sites for hydroxylation is 1. The largest absolute Gasteiger partial charge is 0.354 e. The number of halogens is 1. The summed E-state index contributed by atoms with van der Waals surface area (Å²) in [5.74, 6) is -1.17. The summed E-state index contributed by atoms with van der Waals surface area (Å²) < 4.78 is 43.3. The Morgan fingerprint density at radius 2 is 1.40 bits per heavy atom.